The van der Waals surface area contributed by atoms with Crippen molar-refractivity contribution in [3.63, 3.8) is 0 Å². The Bertz CT molecular complexity index is 708. The van der Waals surface area contributed by atoms with Crippen LogP contribution in [0.5, 0.6) is 0 Å². The quantitative estimate of drug-likeness (QED) is 0.761. The zero-order valence-electron chi connectivity index (χ0n) is 12.8. The summed E-state index contributed by atoms with van der Waals surface area (Å²) in [5, 5.41) is 11.9. The smallest absolute Gasteiger partial charge is 0.332 e. The van der Waals surface area contributed by atoms with Crippen LogP contribution in [0.25, 0.3) is 0 Å². The van der Waals surface area contributed by atoms with E-state index >= 15 is 0 Å². The van der Waals surface area contributed by atoms with Crippen LogP contribution in [0.1, 0.15) is 19.4 Å². The molecule has 0 spiro atoms. The van der Waals surface area contributed by atoms with E-state index in [9.17, 15) is 14.4 Å². The van der Waals surface area contributed by atoms with E-state index < -0.39 is 11.2 Å². The fourth-order valence-electron chi connectivity index (χ4n) is 2.04. The molecule has 114 valence electrons. The number of rotatable bonds is 4. The number of carbonyl (C=O) groups excluding carboxylic acids is 1. The summed E-state index contributed by atoms with van der Waals surface area (Å²) >= 11 is 0. The lowest BCUT2D eigenvalue weighted by atomic mass is 10.3. The SMILES string of the molecule is CC(C)NC(=O)CN(C)c1c(C#N)c(=O)n(C)c(=O)n1C. The Kier molecular flexibility index (Phi) is 4.92. The van der Waals surface area contributed by atoms with Gasteiger partial charge in [-0.1, -0.05) is 0 Å². The van der Waals surface area contributed by atoms with Crippen molar-refractivity contribution >= 4 is 11.7 Å². The Balaban J connectivity index is 3.31. The Labute approximate surface area is 122 Å². The average molecular weight is 293 g/mol. The summed E-state index contributed by atoms with van der Waals surface area (Å²) in [6.45, 7) is 3.59. The fourth-order valence-corrected chi connectivity index (χ4v) is 2.04. The Morgan fingerprint density at radius 1 is 1.33 bits per heavy atom. The molecule has 0 aliphatic rings. The largest absolute Gasteiger partial charge is 0.352 e. The predicted molar refractivity (Wildman–Crippen MR) is 78.2 cm³/mol. The van der Waals surface area contributed by atoms with Gasteiger partial charge in [0.25, 0.3) is 5.56 Å². The molecule has 8 nitrogen and oxygen atoms in total. The van der Waals surface area contributed by atoms with Crippen molar-refractivity contribution in [3.05, 3.63) is 26.4 Å². The molecule has 0 aromatic carbocycles. The van der Waals surface area contributed by atoms with Crippen molar-refractivity contribution in [1.29, 1.82) is 5.26 Å². The lowest BCUT2D eigenvalue weighted by Gasteiger charge is -2.23. The predicted octanol–water partition coefficient (Wildman–Crippen LogP) is -1.08. The van der Waals surface area contributed by atoms with E-state index in [0.29, 0.717) is 0 Å². The summed E-state index contributed by atoms with van der Waals surface area (Å²) in [7, 11) is 4.31. The van der Waals surface area contributed by atoms with Crippen molar-refractivity contribution in [3.8, 4) is 6.07 Å². The first-order valence-electron chi connectivity index (χ1n) is 6.41. The van der Waals surface area contributed by atoms with Gasteiger partial charge in [-0.2, -0.15) is 5.26 Å². The number of nitriles is 1. The minimum Gasteiger partial charge on any atom is -0.352 e. The highest BCUT2D eigenvalue weighted by atomic mass is 16.2. The van der Waals surface area contributed by atoms with Crippen molar-refractivity contribution in [2.75, 3.05) is 18.5 Å². The second kappa shape index (κ2) is 6.26. The van der Waals surface area contributed by atoms with Gasteiger partial charge in [0.05, 0.1) is 6.54 Å². The monoisotopic (exact) mass is 293 g/mol. The normalized spacial score (nSPS) is 10.3. The first kappa shape index (κ1) is 16.5. The van der Waals surface area contributed by atoms with Crippen molar-refractivity contribution < 1.29 is 4.79 Å². The Hall–Kier alpha value is -2.56. The summed E-state index contributed by atoms with van der Waals surface area (Å²) in [5.41, 5.74) is -1.39. The number of amides is 1. The first-order valence-corrected chi connectivity index (χ1v) is 6.41. The molecule has 0 unspecified atom stereocenters. The molecule has 1 aromatic rings. The van der Waals surface area contributed by atoms with Crippen LogP contribution in [0.2, 0.25) is 0 Å². The van der Waals surface area contributed by atoms with Gasteiger partial charge in [-0.05, 0) is 13.8 Å². The molecule has 0 saturated heterocycles. The molecule has 0 aliphatic carbocycles. The third-order valence-electron chi connectivity index (χ3n) is 2.94. The highest BCUT2D eigenvalue weighted by Gasteiger charge is 2.20. The topological polar surface area (TPSA) is 100 Å². The van der Waals surface area contributed by atoms with E-state index in [1.807, 2.05) is 13.8 Å². The van der Waals surface area contributed by atoms with Crippen molar-refractivity contribution in [2.45, 2.75) is 19.9 Å². The number of likely N-dealkylation sites (N-methyl/N-ethyl adjacent to an activating group) is 1. The molecule has 0 aliphatic heterocycles. The average Bonchev–Trinajstić information content (AvgIpc) is 2.38. The molecular weight excluding hydrogens is 274 g/mol. The van der Waals surface area contributed by atoms with Crippen LogP contribution in [0, 0.1) is 11.3 Å². The minimum absolute atomic E-state index is 0.0196. The van der Waals surface area contributed by atoms with E-state index in [1.54, 1.807) is 13.1 Å². The van der Waals surface area contributed by atoms with Gasteiger partial charge in [-0.25, -0.2) is 4.79 Å². The molecule has 0 radical (unpaired) electrons. The van der Waals surface area contributed by atoms with E-state index in [1.165, 1.54) is 23.6 Å². The van der Waals surface area contributed by atoms with Gasteiger partial charge in [0.2, 0.25) is 5.91 Å². The zero-order chi connectivity index (χ0) is 16.3. The van der Waals surface area contributed by atoms with E-state index in [-0.39, 0.29) is 29.9 Å². The van der Waals surface area contributed by atoms with Gasteiger partial charge in [0, 0.05) is 27.2 Å². The molecule has 1 aromatic heterocycles. The highest BCUT2D eigenvalue weighted by Crippen LogP contribution is 2.12. The van der Waals surface area contributed by atoms with Crippen LogP contribution in [-0.4, -0.2) is 34.7 Å². The molecule has 0 atom stereocenters. The van der Waals surface area contributed by atoms with Gasteiger partial charge >= 0.3 is 5.69 Å². The standard InChI is InChI=1S/C13H19N5O3/c1-8(2)15-10(19)7-16(3)11-9(6-14)12(20)18(5)13(21)17(11)4/h8H,7H2,1-5H3,(H,15,19). The van der Waals surface area contributed by atoms with Gasteiger partial charge < -0.3 is 10.2 Å². The number of nitrogens with zero attached hydrogens (tertiary/aromatic N) is 4. The molecule has 1 amide bonds. The van der Waals surface area contributed by atoms with Gasteiger partial charge in [0.1, 0.15) is 11.9 Å². The van der Waals surface area contributed by atoms with Crippen molar-refractivity contribution in [2.24, 2.45) is 14.1 Å². The second-order valence-electron chi connectivity index (χ2n) is 5.09. The third kappa shape index (κ3) is 3.31. The molecular formula is C13H19N5O3. The highest BCUT2D eigenvalue weighted by molar-refractivity contribution is 5.81. The molecule has 0 saturated carbocycles. The third-order valence-corrected chi connectivity index (χ3v) is 2.94. The van der Waals surface area contributed by atoms with Crippen LogP contribution in [-0.2, 0) is 18.9 Å². The Morgan fingerprint density at radius 3 is 2.38 bits per heavy atom. The van der Waals surface area contributed by atoms with Gasteiger partial charge in [0.15, 0.2) is 5.56 Å². The first-order chi connectivity index (χ1) is 9.70. The second-order valence-corrected chi connectivity index (χ2v) is 5.09. The minimum atomic E-state index is -0.674. The molecule has 1 N–H and O–H groups in total. The number of nitrogens with one attached hydrogen (secondary N) is 1. The number of anilines is 1. The number of hydrogen-bond donors (Lipinski definition) is 1. The Morgan fingerprint density at radius 2 is 1.90 bits per heavy atom. The summed E-state index contributed by atoms with van der Waals surface area (Å²) in [5.74, 6) is -0.131. The van der Waals surface area contributed by atoms with Crippen LogP contribution in [0.4, 0.5) is 5.82 Å². The number of aromatic nitrogens is 2. The molecule has 1 rings (SSSR count). The maximum absolute atomic E-state index is 12.0. The summed E-state index contributed by atoms with van der Waals surface area (Å²) < 4.78 is 2.05. The zero-order valence-corrected chi connectivity index (χ0v) is 12.8. The molecule has 8 heteroatoms. The molecule has 1 heterocycles. The van der Waals surface area contributed by atoms with Crippen LogP contribution < -0.4 is 21.5 Å². The maximum Gasteiger partial charge on any atom is 0.332 e. The van der Waals surface area contributed by atoms with Crippen molar-refractivity contribution in [1.82, 2.24) is 14.5 Å². The lowest BCUT2D eigenvalue weighted by Crippen LogP contribution is -2.44. The molecule has 0 bridgehead atoms. The number of hydrogen-bond acceptors (Lipinski definition) is 5. The van der Waals surface area contributed by atoms with Gasteiger partial charge in [-0.15, -0.1) is 0 Å². The van der Waals surface area contributed by atoms with Crippen LogP contribution in [0.3, 0.4) is 0 Å². The van der Waals surface area contributed by atoms with E-state index in [0.717, 1.165) is 4.57 Å². The van der Waals surface area contributed by atoms with Gasteiger partial charge in [-0.3, -0.25) is 18.7 Å². The summed E-state index contributed by atoms with van der Waals surface area (Å²) in [6.07, 6.45) is 0. The number of carbonyl (C=O) groups is 1. The summed E-state index contributed by atoms with van der Waals surface area (Å²) in [6, 6.07) is 1.78. The fraction of sp³-hybridized carbons (Fsp3) is 0.538. The molecule has 21 heavy (non-hydrogen) atoms. The summed E-state index contributed by atoms with van der Waals surface area (Å²) in [4.78, 5) is 37.1. The lowest BCUT2D eigenvalue weighted by molar-refractivity contribution is -0.120. The van der Waals surface area contributed by atoms with Crippen LogP contribution in [0.15, 0.2) is 9.59 Å². The van der Waals surface area contributed by atoms with E-state index in [4.69, 9.17) is 5.26 Å². The molecule has 0 fully saturated rings. The maximum atomic E-state index is 12.0. The van der Waals surface area contributed by atoms with E-state index in [2.05, 4.69) is 5.32 Å². The van der Waals surface area contributed by atoms with Crippen LogP contribution >= 0.6 is 0 Å².